The van der Waals surface area contributed by atoms with Crippen molar-refractivity contribution in [3.63, 3.8) is 0 Å². The minimum atomic E-state index is -4.12. The van der Waals surface area contributed by atoms with E-state index >= 15 is 0 Å². The molecule has 2 rings (SSSR count). The molecule has 128 valence electrons. The lowest BCUT2D eigenvalue weighted by Crippen LogP contribution is -2.16. The fourth-order valence-corrected chi connectivity index (χ4v) is 3.88. The quantitative estimate of drug-likeness (QED) is 0.659. The number of hydrogen-bond donors (Lipinski definition) is 1. The predicted molar refractivity (Wildman–Crippen MR) is 91.1 cm³/mol. The van der Waals surface area contributed by atoms with Crippen LogP contribution in [-0.4, -0.2) is 20.5 Å². The van der Waals surface area contributed by atoms with Gasteiger partial charge in [0, 0.05) is 0 Å². The molecule has 1 N–H and O–H groups in total. The molecule has 0 aliphatic rings. The van der Waals surface area contributed by atoms with Crippen molar-refractivity contribution < 1.29 is 18.1 Å². The third kappa shape index (κ3) is 3.48. The molecule has 2 aromatic rings. The number of anilines is 1. The van der Waals surface area contributed by atoms with Crippen molar-refractivity contribution in [1.82, 2.24) is 0 Å². The molecular formula is C16H18N2O5S. The van der Waals surface area contributed by atoms with Crippen LogP contribution in [0.5, 0.6) is 5.75 Å². The summed E-state index contributed by atoms with van der Waals surface area (Å²) in [5.41, 5.74) is 2.37. The third-order valence-electron chi connectivity index (χ3n) is 3.57. The topological polar surface area (TPSA) is 98.5 Å². The minimum absolute atomic E-state index is 0.211. The molecule has 0 aromatic heterocycles. The molecule has 0 fully saturated rings. The average Bonchev–Trinajstić information content (AvgIpc) is 2.50. The van der Waals surface area contributed by atoms with Gasteiger partial charge in [-0.25, -0.2) is 8.42 Å². The SMILES string of the molecule is COc1ccc(S(=O)(=O)Nc2c(C)cc(C)cc2C)c([N+](=O)[O-])c1. The highest BCUT2D eigenvalue weighted by molar-refractivity contribution is 7.92. The van der Waals surface area contributed by atoms with Gasteiger partial charge in [-0.3, -0.25) is 14.8 Å². The lowest BCUT2D eigenvalue weighted by molar-refractivity contribution is -0.387. The maximum absolute atomic E-state index is 12.7. The normalized spacial score (nSPS) is 11.2. The van der Waals surface area contributed by atoms with Gasteiger partial charge in [0.15, 0.2) is 4.90 Å². The summed E-state index contributed by atoms with van der Waals surface area (Å²) in [7, 11) is -2.77. The minimum Gasteiger partial charge on any atom is -0.497 e. The van der Waals surface area contributed by atoms with Crippen LogP contribution in [0, 0.1) is 30.9 Å². The molecule has 0 unspecified atom stereocenters. The van der Waals surface area contributed by atoms with E-state index in [-0.39, 0.29) is 5.75 Å². The second kappa shape index (κ2) is 6.48. The number of nitro benzene ring substituents is 1. The molecule has 8 heteroatoms. The van der Waals surface area contributed by atoms with E-state index in [0.29, 0.717) is 5.69 Å². The van der Waals surface area contributed by atoms with Crippen molar-refractivity contribution in [1.29, 1.82) is 0 Å². The molecule has 0 radical (unpaired) electrons. The molecule has 0 heterocycles. The molecular weight excluding hydrogens is 332 g/mol. The zero-order valence-electron chi connectivity index (χ0n) is 13.8. The number of aryl methyl sites for hydroxylation is 3. The van der Waals surface area contributed by atoms with E-state index < -0.39 is 25.5 Å². The second-order valence-electron chi connectivity index (χ2n) is 5.47. The smallest absolute Gasteiger partial charge is 0.293 e. The molecule has 0 atom stereocenters. The third-order valence-corrected chi connectivity index (χ3v) is 4.96. The van der Waals surface area contributed by atoms with Crippen molar-refractivity contribution in [2.24, 2.45) is 0 Å². The maximum atomic E-state index is 12.7. The fraction of sp³-hybridized carbons (Fsp3) is 0.250. The summed E-state index contributed by atoms with van der Waals surface area (Å²) >= 11 is 0. The summed E-state index contributed by atoms with van der Waals surface area (Å²) in [4.78, 5) is 10.1. The Balaban J connectivity index is 2.55. The maximum Gasteiger partial charge on any atom is 0.293 e. The first-order valence-electron chi connectivity index (χ1n) is 7.09. The standard InChI is InChI=1S/C16H18N2O5S/c1-10-7-11(2)16(12(3)8-10)17-24(21,22)15-6-5-13(23-4)9-14(15)18(19)20/h5-9,17H,1-4H3. The summed E-state index contributed by atoms with van der Waals surface area (Å²) < 4.78 is 32.7. The van der Waals surface area contributed by atoms with Gasteiger partial charge in [-0.15, -0.1) is 0 Å². The molecule has 0 saturated carbocycles. The number of nitrogens with zero attached hydrogens (tertiary/aromatic N) is 1. The van der Waals surface area contributed by atoms with Crippen LogP contribution in [-0.2, 0) is 10.0 Å². The molecule has 0 spiro atoms. The van der Waals surface area contributed by atoms with Crippen LogP contribution in [0.2, 0.25) is 0 Å². The number of hydrogen-bond acceptors (Lipinski definition) is 5. The molecule has 0 saturated heterocycles. The average molecular weight is 350 g/mol. The lowest BCUT2D eigenvalue weighted by Gasteiger charge is -2.14. The van der Waals surface area contributed by atoms with Gasteiger partial charge in [-0.05, 0) is 44.0 Å². The Bertz CT molecular complexity index is 884. The van der Waals surface area contributed by atoms with Crippen LogP contribution in [0.25, 0.3) is 0 Å². The summed E-state index contributed by atoms with van der Waals surface area (Å²) in [6.07, 6.45) is 0. The Hall–Kier alpha value is -2.61. The first-order chi connectivity index (χ1) is 11.2. The van der Waals surface area contributed by atoms with Crippen LogP contribution in [0.3, 0.4) is 0 Å². The number of methoxy groups -OCH3 is 1. The molecule has 0 bridgehead atoms. The van der Waals surface area contributed by atoms with Gasteiger partial charge in [-0.2, -0.15) is 0 Å². The van der Waals surface area contributed by atoms with Crippen LogP contribution >= 0.6 is 0 Å². The first-order valence-corrected chi connectivity index (χ1v) is 8.57. The van der Waals surface area contributed by atoms with Gasteiger partial charge in [0.05, 0.1) is 23.8 Å². The predicted octanol–water partition coefficient (Wildman–Crippen LogP) is 3.33. The van der Waals surface area contributed by atoms with Crippen molar-refractivity contribution in [3.8, 4) is 5.75 Å². The lowest BCUT2D eigenvalue weighted by atomic mass is 10.1. The van der Waals surface area contributed by atoms with E-state index in [2.05, 4.69) is 4.72 Å². The van der Waals surface area contributed by atoms with Gasteiger partial charge in [0.1, 0.15) is 5.75 Å². The van der Waals surface area contributed by atoms with Gasteiger partial charge >= 0.3 is 0 Å². The fourth-order valence-electron chi connectivity index (χ4n) is 2.52. The Kier molecular flexibility index (Phi) is 4.79. The molecule has 0 aliphatic carbocycles. The monoisotopic (exact) mass is 350 g/mol. The van der Waals surface area contributed by atoms with Gasteiger partial charge in [0.25, 0.3) is 15.7 Å². The van der Waals surface area contributed by atoms with Gasteiger partial charge in [-0.1, -0.05) is 17.7 Å². The Morgan fingerprint density at radius 1 is 1.08 bits per heavy atom. The Morgan fingerprint density at radius 2 is 1.67 bits per heavy atom. The molecule has 0 amide bonds. The molecule has 7 nitrogen and oxygen atoms in total. The van der Waals surface area contributed by atoms with E-state index in [9.17, 15) is 18.5 Å². The van der Waals surface area contributed by atoms with E-state index in [4.69, 9.17) is 4.74 Å². The Labute approximate surface area is 140 Å². The number of sulfonamides is 1. The zero-order chi connectivity index (χ0) is 18.1. The number of nitro groups is 1. The van der Waals surface area contributed by atoms with Gasteiger partial charge in [0.2, 0.25) is 0 Å². The second-order valence-corrected chi connectivity index (χ2v) is 7.12. The van der Waals surface area contributed by atoms with E-state index in [1.807, 2.05) is 19.1 Å². The highest BCUT2D eigenvalue weighted by Gasteiger charge is 2.27. The van der Waals surface area contributed by atoms with E-state index in [0.717, 1.165) is 28.8 Å². The van der Waals surface area contributed by atoms with E-state index in [1.54, 1.807) is 13.8 Å². The van der Waals surface area contributed by atoms with Crippen LogP contribution < -0.4 is 9.46 Å². The van der Waals surface area contributed by atoms with Crippen molar-refractivity contribution >= 4 is 21.4 Å². The number of nitrogens with one attached hydrogen (secondary N) is 1. The highest BCUT2D eigenvalue weighted by atomic mass is 32.2. The largest absolute Gasteiger partial charge is 0.497 e. The number of ether oxygens (including phenoxy) is 1. The highest BCUT2D eigenvalue weighted by Crippen LogP contribution is 2.31. The number of rotatable bonds is 5. The molecule has 0 aliphatic heterocycles. The summed E-state index contributed by atoms with van der Waals surface area (Å²) in [6, 6.07) is 7.30. The summed E-state index contributed by atoms with van der Waals surface area (Å²) in [6.45, 7) is 5.47. The molecule has 2 aromatic carbocycles. The van der Waals surface area contributed by atoms with Crippen molar-refractivity contribution in [3.05, 3.63) is 57.1 Å². The van der Waals surface area contributed by atoms with Crippen LogP contribution in [0.15, 0.2) is 35.2 Å². The summed E-state index contributed by atoms with van der Waals surface area (Å²) in [5.74, 6) is 0.211. The summed E-state index contributed by atoms with van der Waals surface area (Å²) in [5, 5.41) is 11.2. The van der Waals surface area contributed by atoms with Crippen molar-refractivity contribution in [2.45, 2.75) is 25.7 Å². The number of benzene rings is 2. The zero-order valence-corrected chi connectivity index (χ0v) is 14.6. The van der Waals surface area contributed by atoms with Crippen LogP contribution in [0.1, 0.15) is 16.7 Å². The van der Waals surface area contributed by atoms with Crippen molar-refractivity contribution in [2.75, 3.05) is 11.8 Å². The Morgan fingerprint density at radius 3 is 2.17 bits per heavy atom. The van der Waals surface area contributed by atoms with Crippen LogP contribution in [0.4, 0.5) is 11.4 Å². The van der Waals surface area contributed by atoms with Gasteiger partial charge < -0.3 is 4.74 Å². The first kappa shape index (κ1) is 17.7. The molecule has 24 heavy (non-hydrogen) atoms. The van der Waals surface area contributed by atoms with E-state index in [1.165, 1.54) is 13.2 Å².